The molecule has 16 heavy (non-hydrogen) atoms. The van der Waals surface area contributed by atoms with Crippen LogP contribution in [0.15, 0.2) is 6.20 Å². The van der Waals surface area contributed by atoms with E-state index in [1.807, 2.05) is 6.20 Å². The lowest BCUT2D eigenvalue weighted by atomic mass is 10.1. The normalized spacial score (nSPS) is 30.6. The molecule has 0 aliphatic carbocycles. The van der Waals surface area contributed by atoms with Gasteiger partial charge in [-0.2, -0.15) is 0 Å². The van der Waals surface area contributed by atoms with Crippen molar-refractivity contribution in [2.75, 3.05) is 20.1 Å². The summed E-state index contributed by atoms with van der Waals surface area (Å²) in [4.78, 5) is 6.93. The van der Waals surface area contributed by atoms with Crippen molar-refractivity contribution in [3.63, 3.8) is 0 Å². The Morgan fingerprint density at radius 2 is 2.25 bits per heavy atom. The first kappa shape index (κ1) is 10.3. The fourth-order valence-corrected chi connectivity index (χ4v) is 2.93. The third-order valence-electron chi connectivity index (χ3n) is 3.85. The topological polar surface area (TPSA) is 41.3 Å². The summed E-state index contributed by atoms with van der Waals surface area (Å²) in [6.45, 7) is 3.01. The standard InChI is InChI=1S/C12H19N3O/c1-14-5-4-9(7-14)12-13-6-10-2-3-11(16)8-15(10)12/h6,9,11,16H,2-5,7-8H2,1H3. The number of likely N-dealkylation sites (N-methyl/N-ethyl adjacent to an activating group) is 1. The van der Waals surface area contributed by atoms with Gasteiger partial charge in [0.05, 0.1) is 12.6 Å². The van der Waals surface area contributed by atoms with Crippen LogP contribution in [0.4, 0.5) is 0 Å². The average molecular weight is 221 g/mol. The predicted octanol–water partition coefficient (Wildman–Crippen LogP) is 0.609. The first-order valence-corrected chi connectivity index (χ1v) is 6.15. The first-order chi connectivity index (χ1) is 7.74. The number of hydrogen-bond acceptors (Lipinski definition) is 3. The molecule has 1 N–H and O–H groups in total. The molecule has 1 fully saturated rings. The Morgan fingerprint density at radius 3 is 3.00 bits per heavy atom. The predicted molar refractivity (Wildman–Crippen MR) is 61.4 cm³/mol. The van der Waals surface area contributed by atoms with Gasteiger partial charge in [-0.25, -0.2) is 4.98 Å². The van der Waals surface area contributed by atoms with Gasteiger partial charge in [-0.3, -0.25) is 0 Å². The van der Waals surface area contributed by atoms with Gasteiger partial charge in [0.1, 0.15) is 5.82 Å². The molecule has 0 radical (unpaired) electrons. The highest BCUT2D eigenvalue weighted by molar-refractivity contribution is 5.13. The molecule has 1 saturated heterocycles. The fourth-order valence-electron chi connectivity index (χ4n) is 2.93. The summed E-state index contributed by atoms with van der Waals surface area (Å²) in [6, 6.07) is 0. The maximum absolute atomic E-state index is 9.73. The molecule has 3 heterocycles. The molecule has 88 valence electrons. The van der Waals surface area contributed by atoms with Gasteiger partial charge >= 0.3 is 0 Å². The zero-order valence-electron chi connectivity index (χ0n) is 9.76. The largest absolute Gasteiger partial charge is 0.391 e. The molecule has 0 amide bonds. The van der Waals surface area contributed by atoms with E-state index in [2.05, 4.69) is 21.5 Å². The Balaban J connectivity index is 1.88. The summed E-state index contributed by atoms with van der Waals surface area (Å²) >= 11 is 0. The van der Waals surface area contributed by atoms with E-state index in [1.165, 1.54) is 17.9 Å². The molecule has 2 unspecified atom stereocenters. The summed E-state index contributed by atoms with van der Waals surface area (Å²) in [5, 5.41) is 9.73. The van der Waals surface area contributed by atoms with Gasteiger partial charge in [0, 0.05) is 24.4 Å². The number of rotatable bonds is 1. The number of aliphatic hydroxyl groups is 1. The molecule has 3 rings (SSSR count). The van der Waals surface area contributed by atoms with Crippen molar-refractivity contribution >= 4 is 0 Å². The maximum Gasteiger partial charge on any atom is 0.113 e. The van der Waals surface area contributed by atoms with Crippen molar-refractivity contribution in [3.05, 3.63) is 17.7 Å². The molecule has 0 aromatic carbocycles. The number of imidazole rings is 1. The summed E-state index contributed by atoms with van der Waals surface area (Å²) < 4.78 is 2.25. The molecule has 2 atom stereocenters. The molecule has 0 spiro atoms. The highest BCUT2D eigenvalue weighted by atomic mass is 16.3. The van der Waals surface area contributed by atoms with Gasteiger partial charge in [0.15, 0.2) is 0 Å². The van der Waals surface area contributed by atoms with Crippen LogP contribution >= 0.6 is 0 Å². The van der Waals surface area contributed by atoms with Gasteiger partial charge in [0.25, 0.3) is 0 Å². The number of fused-ring (bicyclic) bond motifs is 1. The fraction of sp³-hybridized carbons (Fsp3) is 0.750. The van der Waals surface area contributed by atoms with E-state index < -0.39 is 0 Å². The number of likely N-dealkylation sites (tertiary alicyclic amines) is 1. The average Bonchev–Trinajstić information content (AvgIpc) is 2.83. The van der Waals surface area contributed by atoms with Crippen LogP contribution in [0.1, 0.15) is 30.3 Å². The molecule has 4 nitrogen and oxygen atoms in total. The minimum absolute atomic E-state index is 0.181. The summed E-state index contributed by atoms with van der Waals surface area (Å²) in [7, 11) is 2.16. The van der Waals surface area contributed by atoms with E-state index in [4.69, 9.17) is 0 Å². The number of hydrogen-bond donors (Lipinski definition) is 1. The van der Waals surface area contributed by atoms with Gasteiger partial charge < -0.3 is 14.6 Å². The van der Waals surface area contributed by atoms with Crippen LogP contribution in [0.3, 0.4) is 0 Å². The van der Waals surface area contributed by atoms with Crippen molar-refractivity contribution in [1.29, 1.82) is 0 Å². The van der Waals surface area contributed by atoms with E-state index in [0.717, 1.165) is 32.5 Å². The molecule has 1 aromatic heterocycles. The Kier molecular flexibility index (Phi) is 2.48. The summed E-state index contributed by atoms with van der Waals surface area (Å²) in [6.07, 6.45) is 4.87. The number of nitrogens with zero attached hydrogens (tertiary/aromatic N) is 3. The molecule has 4 heteroatoms. The van der Waals surface area contributed by atoms with Crippen molar-refractivity contribution in [1.82, 2.24) is 14.5 Å². The SMILES string of the molecule is CN1CCC(c2ncc3n2CC(O)CC3)C1. The molecular weight excluding hydrogens is 202 g/mol. The second-order valence-electron chi connectivity index (χ2n) is 5.16. The lowest BCUT2D eigenvalue weighted by Crippen LogP contribution is -2.26. The van der Waals surface area contributed by atoms with Crippen LogP contribution < -0.4 is 0 Å². The van der Waals surface area contributed by atoms with Crippen LogP contribution in [-0.2, 0) is 13.0 Å². The van der Waals surface area contributed by atoms with Crippen LogP contribution in [0.2, 0.25) is 0 Å². The Morgan fingerprint density at radius 1 is 1.38 bits per heavy atom. The highest BCUT2D eigenvalue weighted by Gasteiger charge is 2.28. The quantitative estimate of drug-likeness (QED) is 0.755. The number of aromatic nitrogens is 2. The van der Waals surface area contributed by atoms with E-state index in [9.17, 15) is 5.11 Å². The molecule has 1 aromatic rings. The van der Waals surface area contributed by atoms with E-state index >= 15 is 0 Å². The van der Waals surface area contributed by atoms with Crippen LogP contribution in [-0.4, -0.2) is 45.8 Å². The van der Waals surface area contributed by atoms with Crippen LogP contribution in [0.25, 0.3) is 0 Å². The van der Waals surface area contributed by atoms with Crippen molar-refractivity contribution < 1.29 is 5.11 Å². The third-order valence-corrected chi connectivity index (χ3v) is 3.85. The number of aryl methyl sites for hydroxylation is 1. The van der Waals surface area contributed by atoms with Crippen LogP contribution in [0, 0.1) is 0 Å². The zero-order chi connectivity index (χ0) is 11.1. The Bertz CT molecular complexity index is 388. The molecule has 2 aliphatic rings. The molecule has 0 saturated carbocycles. The molecule has 2 aliphatic heterocycles. The van der Waals surface area contributed by atoms with E-state index in [-0.39, 0.29) is 6.10 Å². The zero-order valence-corrected chi connectivity index (χ0v) is 9.76. The minimum Gasteiger partial charge on any atom is -0.391 e. The van der Waals surface area contributed by atoms with Crippen molar-refractivity contribution in [2.24, 2.45) is 0 Å². The lowest BCUT2D eigenvalue weighted by Gasteiger charge is -2.23. The third kappa shape index (κ3) is 1.66. The second kappa shape index (κ2) is 3.86. The molecule has 0 bridgehead atoms. The Hall–Kier alpha value is -0.870. The first-order valence-electron chi connectivity index (χ1n) is 6.15. The van der Waals surface area contributed by atoms with E-state index in [1.54, 1.807) is 0 Å². The Labute approximate surface area is 95.9 Å². The molecular formula is C12H19N3O. The van der Waals surface area contributed by atoms with Gasteiger partial charge in [0.2, 0.25) is 0 Å². The second-order valence-corrected chi connectivity index (χ2v) is 5.16. The summed E-state index contributed by atoms with van der Waals surface area (Å²) in [5.74, 6) is 1.75. The highest BCUT2D eigenvalue weighted by Crippen LogP contribution is 2.28. The van der Waals surface area contributed by atoms with Crippen molar-refractivity contribution in [3.8, 4) is 0 Å². The van der Waals surface area contributed by atoms with Gasteiger partial charge in [-0.1, -0.05) is 0 Å². The van der Waals surface area contributed by atoms with Crippen LogP contribution in [0.5, 0.6) is 0 Å². The monoisotopic (exact) mass is 221 g/mol. The van der Waals surface area contributed by atoms with E-state index in [0.29, 0.717) is 5.92 Å². The minimum atomic E-state index is -0.181. The smallest absolute Gasteiger partial charge is 0.113 e. The lowest BCUT2D eigenvalue weighted by molar-refractivity contribution is 0.129. The van der Waals surface area contributed by atoms with Gasteiger partial charge in [-0.05, 0) is 32.9 Å². The maximum atomic E-state index is 9.73. The van der Waals surface area contributed by atoms with Gasteiger partial charge in [-0.15, -0.1) is 0 Å². The van der Waals surface area contributed by atoms with Crippen molar-refractivity contribution in [2.45, 2.75) is 37.8 Å². The number of aliphatic hydroxyl groups excluding tert-OH is 1. The summed E-state index contributed by atoms with van der Waals surface area (Å²) in [5.41, 5.74) is 1.30.